The van der Waals surface area contributed by atoms with Crippen LogP contribution in [0, 0.1) is 17.8 Å². The largest absolute Gasteiger partial charge is 0.456 e. The molecule has 0 bridgehead atoms. The summed E-state index contributed by atoms with van der Waals surface area (Å²) in [7, 11) is 0. The van der Waals surface area contributed by atoms with Crippen molar-refractivity contribution in [2.24, 2.45) is 23.5 Å². The van der Waals surface area contributed by atoms with Gasteiger partial charge in [0.15, 0.2) is 0 Å². The molecule has 38 heavy (non-hydrogen) atoms. The minimum atomic E-state index is -0.944. The lowest BCUT2D eigenvalue weighted by molar-refractivity contribution is -0.703. The first-order chi connectivity index (χ1) is 18.2. The van der Waals surface area contributed by atoms with Gasteiger partial charge in [-0.3, -0.25) is 10.5 Å². The van der Waals surface area contributed by atoms with Crippen LogP contribution in [0.5, 0.6) is 0 Å². The molecule has 4 aliphatic rings. The van der Waals surface area contributed by atoms with E-state index in [-0.39, 0.29) is 43.0 Å². The lowest BCUT2D eigenvalue weighted by Gasteiger charge is -2.54. The van der Waals surface area contributed by atoms with Crippen molar-refractivity contribution >= 4 is 11.8 Å². The molecule has 3 aliphatic heterocycles. The zero-order valence-electron chi connectivity index (χ0n) is 23.2. The standard InChI is InChI=1S/C28H47N3O7/c1-4-17(14-30-5-2)27(35)37-23-11-19-21(12-22-25(26(19)34)20(33)10-18(15-32)36-22)38-28(23,3)9-8-16-6-7-24(29)31-13-16/h4,16,18-19,21-26,30-32,34H,5-15,29H2,1-3H3/p+2/t16?,18?,19?,21?,22?,23-,24?,25?,26?,28-/m0/s1. The third-order valence-electron chi connectivity index (χ3n) is 9.35. The highest BCUT2D eigenvalue weighted by Gasteiger charge is 2.57. The number of fused-ring (bicyclic) bond motifs is 2. The molecular weight excluding hydrogens is 490 g/mol. The number of allylic oxidation sites excluding steroid dienone is 1. The first-order valence-electron chi connectivity index (χ1n) is 14.6. The first kappa shape index (κ1) is 29.6. The molecule has 3 heterocycles. The molecule has 4 fully saturated rings. The van der Waals surface area contributed by atoms with Crippen LogP contribution in [0.4, 0.5) is 0 Å². The maximum atomic E-state index is 13.2. The second-order valence-electron chi connectivity index (χ2n) is 12.0. The Morgan fingerprint density at radius 3 is 2.76 bits per heavy atom. The van der Waals surface area contributed by atoms with E-state index >= 15 is 0 Å². The first-order valence-corrected chi connectivity index (χ1v) is 14.6. The van der Waals surface area contributed by atoms with E-state index in [1.807, 2.05) is 26.1 Å². The number of esters is 1. The summed E-state index contributed by atoms with van der Waals surface area (Å²) in [5.74, 6) is -0.890. The molecular formula is C28H49N3O7+2. The fraction of sp³-hybridized carbons (Fsp3) is 0.857. The van der Waals surface area contributed by atoms with Gasteiger partial charge in [-0.25, -0.2) is 4.79 Å². The summed E-state index contributed by atoms with van der Waals surface area (Å²) in [6.45, 7) is 8.07. The summed E-state index contributed by atoms with van der Waals surface area (Å²) in [6.07, 6.45) is 3.85. The van der Waals surface area contributed by atoms with Crippen LogP contribution in [0.2, 0.25) is 0 Å². The van der Waals surface area contributed by atoms with Gasteiger partial charge in [0, 0.05) is 31.1 Å². The van der Waals surface area contributed by atoms with Crippen LogP contribution < -0.4 is 16.4 Å². The zero-order valence-corrected chi connectivity index (χ0v) is 23.2. The van der Waals surface area contributed by atoms with Crippen LogP contribution in [-0.4, -0.2) is 90.5 Å². The van der Waals surface area contributed by atoms with Crippen LogP contribution >= 0.6 is 0 Å². The molecule has 0 aromatic carbocycles. The summed E-state index contributed by atoms with van der Waals surface area (Å²) in [5.41, 5.74) is 5.95. The van der Waals surface area contributed by atoms with Crippen molar-refractivity contribution < 1.29 is 44.6 Å². The molecule has 8 N–H and O–H groups in total. The number of likely N-dealkylation sites (N-methyl/N-ethyl adjacent to an activating group) is 1. The van der Waals surface area contributed by atoms with Crippen LogP contribution in [0.15, 0.2) is 11.6 Å². The predicted molar refractivity (Wildman–Crippen MR) is 139 cm³/mol. The van der Waals surface area contributed by atoms with E-state index in [0.29, 0.717) is 30.9 Å². The summed E-state index contributed by atoms with van der Waals surface area (Å²) < 4.78 is 19.0. The van der Waals surface area contributed by atoms with Gasteiger partial charge in [-0.05, 0) is 46.5 Å². The number of piperidine rings is 1. The van der Waals surface area contributed by atoms with Crippen molar-refractivity contribution in [1.29, 1.82) is 0 Å². The van der Waals surface area contributed by atoms with Gasteiger partial charge in [0.2, 0.25) is 0 Å². The number of hydrogen-bond donors (Lipinski definition) is 5. The van der Waals surface area contributed by atoms with Gasteiger partial charge in [-0.15, -0.1) is 0 Å². The van der Waals surface area contributed by atoms with Gasteiger partial charge in [-0.2, -0.15) is 0 Å². The lowest BCUT2D eigenvalue weighted by atomic mass is 9.66. The van der Waals surface area contributed by atoms with Crippen molar-refractivity contribution in [1.82, 2.24) is 0 Å². The van der Waals surface area contributed by atoms with Gasteiger partial charge in [0.1, 0.15) is 30.2 Å². The molecule has 0 amide bonds. The monoisotopic (exact) mass is 539 g/mol. The smallest absolute Gasteiger partial charge is 0.339 e. The van der Waals surface area contributed by atoms with Crippen LogP contribution in [0.1, 0.15) is 65.7 Å². The number of ketones is 1. The summed E-state index contributed by atoms with van der Waals surface area (Å²) in [4.78, 5) is 26.1. The summed E-state index contributed by atoms with van der Waals surface area (Å²) in [5, 5.41) is 25.2. The Kier molecular flexibility index (Phi) is 10.00. The second-order valence-corrected chi connectivity index (χ2v) is 12.0. The molecule has 216 valence electrons. The van der Waals surface area contributed by atoms with Crippen molar-refractivity contribution in [3.8, 4) is 0 Å². The lowest BCUT2D eigenvalue weighted by Crippen LogP contribution is -2.95. The van der Waals surface area contributed by atoms with E-state index in [9.17, 15) is 19.8 Å². The second kappa shape index (κ2) is 12.8. The highest BCUT2D eigenvalue weighted by molar-refractivity contribution is 5.88. The fourth-order valence-electron chi connectivity index (χ4n) is 6.90. The number of ether oxygens (including phenoxy) is 3. The van der Waals surface area contributed by atoms with Gasteiger partial charge < -0.3 is 35.1 Å². The topological polar surface area (TPSA) is 162 Å². The molecule has 1 aliphatic carbocycles. The van der Waals surface area contributed by atoms with E-state index in [2.05, 4.69) is 5.32 Å². The number of carbonyl (C=O) groups is 2. The molecule has 4 rings (SSSR count). The van der Waals surface area contributed by atoms with E-state index in [1.165, 1.54) is 0 Å². The molecule has 10 nitrogen and oxygen atoms in total. The summed E-state index contributed by atoms with van der Waals surface area (Å²) >= 11 is 0. The Hall–Kier alpha value is -1.40. The summed E-state index contributed by atoms with van der Waals surface area (Å²) in [6, 6.07) is 0. The highest BCUT2D eigenvalue weighted by atomic mass is 16.6. The number of aliphatic hydroxyl groups excluding tert-OH is 2. The average Bonchev–Trinajstić information content (AvgIpc) is 2.89. The molecule has 1 saturated carbocycles. The number of aliphatic hydroxyl groups is 2. The average molecular weight is 540 g/mol. The molecule has 10 atom stereocenters. The quantitative estimate of drug-likeness (QED) is 0.179. The Balaban J connectivity index is 1.53. The van der Waals surface area contributed by atoms with E-state index in [0.717, 1.165) is 38.8 Å². The number of carbonyl (C=O) groups excluding carboxylic acids is 2. The van der Waals surface area contributed by atoms with Crippen LogP contribution in [0.25, 0.3) is 0 Å². The van der Waals surface area contributed by atoms with Gasteiger partial charge in [0.25, 0.3) is 0 Å². The Labute approximate surface area is 226 Å². The minimum Gasteiger partial charge on any atom is -0.456 e. The SMILES string of the molecule is CC=C(C[NH2+]CC)C(=O)O[C@H]1CC2C(CC3OC(CO)CC(=O)C3C2O)O[C@@]1(C)CCC1CCC(N)[NH2+]C1. The molecule has 0 spiro atoms. The van der Waals surface area contributed by atoms with E-state index < -0.39 is 35.9 Å². The highest BCUT2D eigenvalue weighted by Crippen LogP contribution is 2.48. The normalized spacial score (nSPS) is 41.8. The van der Waals surface area contributed by atoms with Crippen molar-refractivity contribution in [3.63, 3.8) is 0 Å². The van der Waals surface area contributed by atoms with E-state index in [4.69, 9.17) is 19.9 Å². The predicted octanol–water partition coefficient (Wildman–Crippen LogP) is -1.27. The van der Waals surface area contributed by atoms with Crippen molar-refractivity contribution in [2.45, 2.75) is 108 Å². The molecule has 10 heteroatoms. The van der Waals surface area contributed by atoms with Crippen molar-refractivity contribution in [3.05, 3.63) is 11.6 Å². The Morgan fingerprint density at radius 1 is 1.32 bits per heavy atom. The maximum absolute atomic E-state index is 13.2. The van der Waals surface area contributed by atoms with E-state index in [1.54, 1.807) is 6.08 Å². The van der Waals surface area contributed by atoms with Gasteiger partial charge in [-0.1, -0.05) is 6.08 Å². The van der Waals surface area contributed by atoms with Crippen LogP contribution in [0.3, 0.4) is 0 Å². The van der Waals surface area contributed by atoms with Crippen molar-refractivity contribution in [2.75, 3.05) is 26.2 Å². The number of quaternary nitrogens is 2. The zero-order chi connectivity index (χ0) is 27.4. The van der Waals surface area contributed by atoms with Gasteiger partial charge in [0.05, 0.1) is 55.6 Å². The number of hydrogen-bond acceptors (Lipinski definition) is 8. The molecule has 0 aromatic rings. The van der Waals surface area contributed by atoms with Crippen LogP contribution in [-0.2, 0) is 23.8 Å². The Bertz CT molecular complexity index is 861. The fourth-order valence-corrected chi connectivity index (χ4v) is 6.90. The third-order valence-corrected chi connectivity index (χ3v) is 9.35. The molecule has 3 saturated heterocycles. The molecule has 8 unspecified atom stereocenters. The Morgan fingerprint density at radius 2 is 2.11 bits per heavy atom. The molecule has 0 aromatic heterocycles. The third kappa shape index (κ3) is 6.49. The van der Waals surface area contributed by atoms with Gasteiger partial charge >= 0.3 is 5.97 Å². The molecule has 0 radical (unpaired) electrons. The minimum absolute atomic E-state index is 0.0776. The maximum Gasteiger partial charge on any atom is 0.339 e. The number of Topliss-reactive ketones (excluding diaryl/α,β-unsaturated/α-hetero) is 1. The number of nitrogens with two attached hydrogens (primary N) is 3. The number of rotatable bonds is 9.